The van der Waals surface area contributed by atoms with E-state index >= 15 is 0 Å². The Morgan fingerprint density at radius 1 is 1.18 bits per heavy atom. The molecule has 2 amide bonds. The van der Waals surface area contributed by atoms with Crippen LogP contribution in [0.3, 0.4) is 0 Å². The first-order valence-corrected chi connectivity index (χ1v) is 13.3. The zero-order valence-corrected chi connectivity index (χ0v) is 21.0. The number of benzene rings is 1. The van der Waals surface area contributed by atoms with Gasteiger partial charge in [0.25, 0.3) is 5.91 Å². The summed E-state index contributed by atoms with van der Waals surface area (Å²) in [4.78, 5) is 32.1. The van der Waals surface area contributed by atoms with E-state index in [1.54, 1.807) is 45.4 Å². The standard InChI is InChI=1S/C26H29FN2O3S2/c1-3-18(2)15-28(26(31)24-9-6-13-33-24)16-25(30)29-12-10-23-19(11-14-34-23)21(29)17-32-22-8-5-4-7-20(22)27/h4-9,11,13-14,18,21H,3,10,12,15-17H2,1-2H3/t18-,21-/m1/s1. The zero-order chi connectivity index (χ0) is 24.1. The number of hydrogen-bond donors (Lipinski definition) is 0. The molecule has 0 fully saturated rings. The summed E-state index contributed by atoms with van der Waals surface area (Å²) in [6.07, 6.45) is 1.68. The molecule has 8 heteroatoms. The Bertz CT molecular complexity index is 1110. The molecule has 0 saturated carbocycles. The predicted octanol–water partition coefficient (Wildman–Crippen LogP) is 5.64. The summed E-state index contributed by atoms with van der Waals surface area (Å²) in [5, 5.41) is 3.89. The Kier molecular flexibility index (Phi) is 8.00. The number of ether oxygens (including phenoxy) is 1. The highest BCUT2D eigenvalue weighted by Gasteiger charge is 2.34. The molecule has 3 aromatic rings. The van der Waals surface area contributed by atoms with Gasteiger partial charge in [0.05, 0.1) is 10.9 Å². The van der Waals surface area contributed by atoms with Crippen LogP contribution in [0, 0.1) is 11.7 Å². The fourth-order valence-electron chi connectivity index (χ4n) is 4.14. The molecule has 1 aliphatic rings. The lowest BCUT2D eigenvalue weighted by Crippen LogP contribution is -2.48. The van der Waals surface area contributed by atoms with Gasteiger partial charge in [0.2, 0.25) is 5.91 Å². The van der Waals surface area contributed by atoms with E-state index in [0.717, 1.165) is 18.4 Å². The summed E-state index contributed by atoms with van der Waals surface area (Å²) in [5.41, 5.74) is 1.04. The second-order valence-electron chi connectivity index (χ2n) is 8.57. The molecule has 34 heavy (non-hydrogen) atoms. The predicted molar refractivity (Wildman–Crippen MR) is 134 cm³/mol. The summed E-state index contributed by atoms with van der Waals surface area (Å²) >= 11 is 3.05. The summed E-state index contributed by atoms with van der Waals surface area (Å²) in [6.45, 7) is 5.40. The smallest absolute Gasteiger partial charge is 0.264 e. The molecule has 0 saturated heterocycles. The minimum atomic E-state index is -0.428. The maximum Gasteiger partial charge on any atom is 0.264 e. The lowest BCUT2D eigenvalue weighted by Gasteiger charge is -2.37. The fourth-order valence-corrected chi connectivity index (χ4v) is 5.76. The van der Waals surface area contributed by atoms with Crippen molar-refractivity contribution >= 4 is 34.5 Å². The van der Waals surface area contributed by atoms with Crippen molar-refractivity contribution in [3.05, 3.63) is 74.4 Å². The maximum atomic E-state index is 14.1. The van der Waals surface area contributed by atoms with Crippen LogP contribution in [0.25, 0.3) is 0 Å². The topological polar surface area (TPSA) is 49.9 Å². The van der Waals surface area contributed by atoms with Gasteiger partial charge in [0, 0.05) is 18.0 Å². The third-order valence-corrected chi connectivity index (χ3v) is 8.08. The molecule has 0 unspecified atom stereocenters. The van der Waals surface area contributed by atoms with Gasteiger partial charge in [-0.2, -0.15) is 0 Å². The van der Waals surface area contributed by atoms with Crippen molar-refractivity contribution in [1.29, 1.82) is 0 Å². The van der Waals surface area contributed by atoms with Crippen LogP contribution in [0.15, 0.2) is 53.2 Å². The minimum Gasteiger partial charge on any atom is -0.488 e. The van der Waals surface area contributed by atoms with Gasteiger partial charge in [0.15, 0.2) is 11.6 Å². The number of nitrogens with zero attached hydrogens (tertiary/aromatic N) is 2. The molecule has 3 heterocycles. The number of halogens is 1. The Morgan fingerprint density at radius 3 is 2.74 bits per heavy atom. The summed E-state index contributed by atoms with van der Waals surface area (Å²) in [5.74, 6) is -0.212. The lowest BCUT2D eigenvalue weighted by molar-refractivity contribution is -0.135. The van der Waals surface area contributed by atoms with E-state index in [9.17, 15) is 14.0 Å². The molecule has 0 spiro atoms. The lowest BCUT2D eigenvalue weighted by atomic mass is 10.00. The first-order valence-electron chi connectivity index (χ1n) is 11.5. The number of para-hydroxylation sites is 1. The van der Waals surface area contributed by atoms with Gasteiger partial charge in [-0.15, -0.1) is 22.7 Å². The Balaban J connectivity index is 1.54. The van der Waals surface area contributed by atoms with Gasteiger partial charge >= 0.3 is 0 Å². The number of rotatable bonds is 9. The highest BCUT2D eigenvalue weighted by Crippen LogP contribution is 2.34. The van der Waals surface area contributed by atoms with Crippen LogP contribution < -0.4 is 4.74 Å². The number of hydrogen-bond acceptors (Lipinski definition) is 5. The number of thiophene rings is 2. The van der Waals surface area contributed by atoms with Crippen molar-refractivity contribution in [2.75, 3.05) is 26.2 Å². The van der Waals surface area contributed by atoms with E-state index in [0.29, 0.717) is 18.0 Å². The highest BCUT2D eigenvalue weighted by atomic mass is 32.1. The Labute approximate surface area is 207 Å². The van der Waals surface area contributed by atoms with Crippen molar-refractivity contribution in [3.8, 4) is 5.75 Å². The number of carbonyl (C=O) groups excluding carboxylic acids is 2. The molecule has 1 aromatic carbocycles. The molecular formula is C26H29FN2O3S2. The van der Waals surface area contributed by atoms with E-state index < -0.39 is 5.82 Å². The van der Waals surface area contributed by atoms with Crippen LogP contribution in [0.4, 0.5) is 4.39 Å². The molecular weight excluding hydrogens is 471 g/mol. The first-order chi connectivity index (χ1) is 16.5. The van der Waals surface area contributed by atoms with E-state index in [1.807, 2.05) is 22.9 Å². The second-order valence-corrected chi connectivity index (χ2v) is 10.5. The van der Waals surface area contributed by atoms with Crippen molar-refractivity contribution in [2.45, 2.75) is 32.7 Å². The van der Waals surface area contributed by atoms with E-state index in [-0.39, 0.29) is 42.7 Å². The first kappa shape index (κ1) is 24.4. The average Bonchev–Trinajstić information content (AvgIpc) is 3.54. The van der Waals surface area contributed by atoms with Gasteiger partial charge in [0.1, 0.15) is 13.2 Å². The normalized spacial score (nSPS) is 16.1. The SMILES string of the molecule is CC[C@@H](C)CN(CC(=O)N1CCc2sccc2[C@H]1COc1ccccc1F)C(=O)c1cccs1. The minimum absolute atomic E-state index is 0.0107. The Morgan fingerprint density at radius 2 is 2.00 bits per heavy atom. The van der Waals surface area contributed by atoms with Crippen molar-refractivity contribution in [2.24, 2.45) is 5.92 Å². The molecule has 0 N–H and O–H groups in total. The second kappa shape index (κ2) is 11.1. The van der Waals surface area contributed by atoms with Crippen LogP contribution in [0.5, 0.6) is 5.75 Å². The monoisotopic (exact) mass is 500 g/mol. The molecule has 0 radical (unpaired) electrons. The van der Waals surface area contributed by atoms with Gasteiger partial charge in [-0.25, -0.2) is 4.39 Å². The van der Waals surface area contributed by atoms with E-state index in [2.05, 4.69) is 13.8 Å². The summed E-state index contributed by atoms with van der Waals surface area (Å²) in [7, 11) is 0. The highest BCUT2D eigenvalue weighted by molar-refractivity contribution is 7.12. The average molecular weight is 501 g/mol. The fraction of sp³-hybridized carbons (Fsp3) is 0.385. The van der Waals surface area contributed by atoms with Crippen LogP contribution in [0.2, 0.25) is 0 Å². The molecule has 180 valence electrons. The van der Waals surface area contributed by atoms with Crippen LogP contribution in [-0.2, 0) is 11.2 Å². The molecule has 1 aliphatic heterocycles. The third-order valence-electron chi connectivity index (χ3n) is 6.22. The van der Waals surface area contributed by atoms with Gasteiger partial charge in [-0.1, -0.05) is 38.5 Å². The third kappa shape index (κ3) is 5.50. The summed E-state index contributed by atoms with van der Waals surface area (Å²) in [6, 6.07) is 11.6. The van der Waals surface area contributed by atoms with Crippen molar-refractivity contribution in [3.63, 3.8) is 0 Å². The summed E-state index contributed by atoms with van der Waals surface area (Å²) < 4.78 is 20.0. The van der Waals surface area contributed by atoms with E-state index in [1.165, 1.54) is 22.3 Å². The maximum absolute atomic E-state index is 14.1. The molecule has 2 atom stereocenters. The van der Waals surface area contributed by atoms with Crippen LogP contribution >= 0.6 is 22.7 Å². The number of fused-ring (bicyclic) bond motifs is 1. The zero-order valence-electron chi connectivity index (χ0n) is 19.4. The molecule has 5 nitrogen and oxygen atoms in total. The molecule has 0 aliphatic carbocycles. The van der Waals surface area contributed by atoms with Gasteiger partial charge in [-0.05, 0) is 52.9 Å². The quantitative estimate of drug-likeness (QED) is 0.382. The van der Waals surface area contributed by atoms with Crippen molar-refractivity contribution < 1.29 is 18.7 Å². The largest absolute Gasteiger partial charge is 0.488 e. The van der Waals surface area contributed by atoms with E-state index in [4.69, 9.17) is 4.74 Å². The van der Waals surface area contributed by atoms with Gasteiger partial charge < -0.3 is 14.5 Å². The number of amides is 2. The van der Waals surface area contributed by atoms with Gasteiger partial charge in [-0.3, -0.25) is 9.59 Å². The number of carbonyl (C=O) groups is 2. The van der Waals surface area contributed by atoms with Crippen molar-refractivity contribution in [1.82, 2.24) is 9.80 Å². The molecule has 2 aromatic heterocycles. The Hall–Kier alpha value is -2.71. The van der Waals surface area contributed by atoms with Crippen LogP contribution in [0.1, 0.15) is 46.4 Å². The molecule has 4 rings (SSSR count). The van der Waals surface area contributed by atoms with Crippen LogP contribution in [-0.4, -0.2) is 47.9 Å². The molecule has 0 bridgehead atoms.